The summed E-state index contributed by atoms with van der Waals surface area (Å²) >= 11 is 5.31. The van der Waals surface area contributed by atoms with Crippen LogP contribution < -0.4 is 5.73 Å². The molecule has 0 aliphatic carbocycles. The lowest BCUT2D eigenvalue weighted by Gasteiger charge is -2.15. The molecule has 2 rings (SSSR count). The van der Waals surface area contributed by atoms with Crippen LogP contribution in [-0.2, 0) is 12.8 Å². The van der Waals surface area contributed by atoms with Gasteiger partial charge in [-0.05, 0) is 65.4 Å². The molecule has 0 spiro atoms. The van der Waals surface area contributed by atoms with Gasteiger partial charge in [0.05, 0.1) is 0 Å². The van der Waals surface area contributed by atoms with Crippen LogP contribution in [0.1, 0.15) is 16.0 Å². The molecule has 18 heavy (non-hydrogen) atoms. The summed E-state index contributed by atoms with van der Waals surface area (Å²) in [5.74, 6) is 0.525. The molecule has 1 heterocycles. The molecule has 1 unspecified atom stereocenters. The standard InChI is InChI=1S/C15H18BrNS/c1-11-4-2-3-5-13(11)6-12(9-17)7-15-8-14(16)10-18-15/h2-5,8,10,12H,6-7,9,17H2,1H3. The van der Waals surface area contributed by atoms with Gasteiger partial charge in [-0.1, -0.05) is 24.3 Å². The van der Waals surface area contributed by atoms with E-state index in [1.54, 1.807) is 11.3 Å². The summed E-state index contributed by atoms with van der Waals surface area (Å²) in [4.78, 5) is 1.41. The molecule has 3 heteroatoms. The molecule has 1 aromatic carbocycles. The van der Waals surface area contributed by atoms with Gasteiger partial charge >= 0.3 is 0 Å². The predicted molar refractivity (Wildman–Crippen MR) is 83.2 cm³/mol. The number of benzene rings is 1. The van der Waals surface area contributed by atoms with Crippen molar-refractivity contribution in [3.8, 4) is 0 Å². The number of aryl methyl sites for hydroxylation is 1. The van der Waals surface area contributed by atoms with Crippen LogP contribution in [0, 0.1) is 12.8 Å². The molecule has 1 nitrogen and oxygen atoms in total. The first-order valence-corrected chi connectivity index (χ1v) is 7.83. The summed E-state index contributed by atoms with van der Waals surface area (Å²) in [7, 11) is 0. The van der Waals surface area contributed by atoms with Crippen molar-refractivity contribution in [3.63, 3.8) is 0 Å². The first-order chi connectivity index (χ1) is 8.69. The van der Waals surface area contributed by atoms with Gasteiger partial charge in [0.15, 0.2) is 0 Å². The maximum Gasteiger partial charge on any atom is 0.0285 e. The number of thiophene rings is 1. The van der Waals surface area contributed by atoms with Crippen LogP contribution >= 0.6 is 27.3 Å². The van der Waals surface area contributed by atoms with E-state index in [2.05, 4.69) is 58.6 Å². The Morgan fingerprint density at radius 3 is 2.67 bits per heavy atom. The van der Waals surface area contributed by atoms with Gasteiger partial charge in [0.1, 0.15) is 0 Å². The minimum absolute atomic E-state index is 0.525. The quantitative estimate of drug-likeness (QED) is 0.877. The highest BCUT2D eigenvalue weighted by molar-refractivity contribution is 9.10. The molecule has 0 radical (unpaired) electrons. The van der Waals surface area contributed by atoms with Crippen LogP contribution in [0.4, 0.5) is 0 Å². The third-order valence-electron chi connectivity index (χ3n) is 3.21. The average molecular weight is 324 g/mol. The van der Waals surface area contributed by atoms with Crippen molar-refractivity contribution in [1.29, 1.82) is 0 Å². The van der Waals surface area contributed by atoms with Gasteiger partial charge in [-0.2, -0.15) is 0 Å². The van der Waals surface area contributed by atoms with Crippen molar-refractivity contribution in [2.24, 2.45) is 11.7 Å². The highest BCUT2D eigenvalue weighted by Gasteiger charge is 2.11. The van der Waals surface area contributed by atoms with Gasteiger partial charge in [-0.25, -0.2) is 0 Å². The highest BCUT2D eigenvalue weighted by atomic mass is 79.9. The van der Waals surface area contributed by atoms with Gasteiger partial charge in [-0.3, -0.25) is 0 Å². The predicted octanol–water partition coefficient (Wildman–Crippen LogP) is 4.18. The van der Waals surface area contributed by atoms with Crippen LogP contribution in [0.3, 0.4) is 0 Å². The van der Waals surface area contributed by atoms with E-state index in [0.717, 1.165) is 19.4 Å². The summed E-state index contributed by atoms with van der Waals surface area (Å²) < 4.78 is 1.18. The van der Waals surface area contributed by atoms with Crippen molar-refractivity contribution in [2.75, 3.05) is 6.54 Å². The van der Waals surface area contributed by atoms with Gasteiger partial charge in [0.25, 0.3) is 0 Å². The molecule has 96 valence electrons. The third kappa shape index (κ3) is 3.67. The van der Waals surface area contributed by atoms with E-state index >= 15 is 0 Å². The van der Waals surface area contributed by atoms with Crippen molar-refractivity contribution in [1.82, 2.24) is 0 Å². The molecule has 1 atom stereocenters. The second-order valence-corrected chi connectivity index (χ2v) is 6.58. The van der Waals surface area contributed by atoms with Gasteiger partial charge < -0.3 is 5.73 Å². The third-order valence-corrected chi connectivity index (χ3v) is 4.93. The zero-order valence-electron chi connectivity index (χ0n) is 10.5. The Morgan fingerprint density at radius 1 is 1.28 bits per heavy atom. The number of hydrogen-bond donors (Lipinski definition) is 1. The van der Waals surface area contributed by atoms with Crippen molar-refractivity contribution >= 4 is 27.3 Å². The monoisotopic (exact) mass is 323 g/mol. The molecule has 2 aromatic rings. The SMILES string of the molecule is Cc1ccccc1CC(CN)Cc1cc(Br)cs1. The molecule has 0 bridgehead atoms. The van der Waals surface area contributed by atoms with E-state index in [4.69, 9.17) is 5.73 Å². The lowest BCUT2D eigenvalue weighted by molar-refractivity contribution is 0.536. The number of halogens is 1. The molecule has 1 aromatic heterocycles. The molecule has 0 aliphatic rings. The van der Waals surface area contributed by atoms with E-state index < -0.39 is 0 Å². The molecular formula is C15H18BrNS. The van der Waals surface area contributed by atoms with Crippen molar-refractivity contribution in [3.05, 3.63) is 56.2 Å². The normalized spacial score (nSPS) is 12.6. The van der Waals surface area contributed by atoms with E-state index in [1.165, 1.54) is 20.5 Å². The number of hydrogen-bond acceptors (Lipinski definition) is 2. The fraction of sp³-hybridized carbons (Fsp3) is 0.333. The Morgan fingerprint density at radius 2 is 2.06 bits per heavy atom. The summed E-state index contributed by atoms with van der Waals surface area (Å²) in [6, 6.07) is 10.8. The average Bonchev–Trinajstić information content (AvgIpc) is 2.76. The largest absolute Gasteiger partial charge is 0.330 e. The van der Waals surface area contributed by atoms with E-state index in [1.807, 2.05) is 0 Å². The number of nitrogens with two attached hydrogens (primary N) is 1. The van der Waals surface area contributed by atoms with Gasteiger partial charge in [0.2, 0.25) is 0 Å². The smallest absolute Gasteiger partial charge is 0.0285 e. The molecule has 0 fully saturated rings. The van der Waals surface area contributed by atoms with Crippen LogP contribution in [0.15, 0.2) is 40.2 Å². The van der Waals surface area contributed by atoms with Crippen LogP contribution in [-0.4, -0.2) is 6.54 Å². The molecule has 0 aliphatic heterocycles. The minimum Gasteiger partial charge on any atom is -0.330 e. The second kappa shape index (κ2) is 6.50. The fourth-order valence-electron chi connectivity index (χ4n) is 2.13. The van der Waals surface area contributed by atoms with Gasteiger partial charge in [-0.15, -0.1) is 11.3 Å². The van der Waals surface area contributed by atoms with E-state index in [9.17, 15) is 0 Å². The first-order valence-electron chi connectivity index (χ1n) is 6.16. The van der Waals surface area contributed by atoms with Crippen LogP contribution in [0.2, 0.25) is 0 Å². The highest BCUT2D eigenvalue weighted by Crippen LogP contribution is 2.24. The summed E-state index contributed by atoms with van der Waals surface area (Å²) in [6.07, 6.45) is 2.14. The molecule has 0 saturated heterocycles. The lowest BCUT2D eigenvalue weighted by Crippen LogP contribution is -2.19. The Labute approximate surface area is 121 Å². The molecule has 0 saturated carbocycles. The van der Waals surface area contributed by atoms with Gasteiger partial charge in [0, 0.05) is 14.7 Å². The maximum absolute atomic E-state index is 5.92. The Kier molecular flexibility index (Phi) is 4.98. The Hall–Kier alpha value is -0.640. The molecule has 0 amide bonds. The van der Waals surface area contributed by atoms with Crippen LogP contribution in [0.25, 0.3) is 0 Å². The van der Waals surface area contributed by atoms with E-state index in [-0.39, 0.29) is 0 Å². The van der Waals surface area contributed by atoms with Crippen molar-refractivity contribution < 1.29 is 0 Å². The summed E-state index contributed by atoms with van der Waals surface area (Å²) in [5.41, 5.74) is 8.70. The lowest BCUT2D eigenvalue weighted by atomic mass is 9.93. The summed E-state index contributed by atoms with van der Waals surface area (Å²) in [6.45, 7) is 2.91. The summed E-state index contributed by atoms with van der Waals surface area (Å²) in [5, 5.41) is 2.14. The first kappa shape index (κ1) is 13.8. The molecule has 2 N–H and O–H groups in total. The Balaban J connectivity index is 2.04. The Bertz CT molecular complexity index is 507. The topological polar surface area (TPSA) is 26.0 Å². The molecular weight excluding hydrogens is 306 g/mol. The van der Waals surface area contributed by atoms with Crippen LogP contribution in [0.5, 0.6) is 0 Å². The maximum atomic E-state index is 5.92. The number of rotatable bonds is 5. The van der Waals surface area contributed by atoms with Crippen molar-refractivity contribution in [2.45, 2.75) is 19.8 Å². The van der Waals surface area contributed by atoms with E-state index in [0.29, 0.717) is 5.92 Å². The minimum atomic E-state index is 0.525. The zero-order chi connectivity index (χ0) is 13.0. The fourth-order valence-corrected chi connectivity index (χ4v) is 3.70. The zero-order valence-corrected chi connectivity index (χ0v) is 12.9. The second-order valence-electron chi connectivity index (χ2n) is 4.67.